The Hall–Kier alpha value is -3.80. The number of aryl methyl sites for hydroxylation is 1. The summed E-state index contributed by atoms with van der Waals surface area (Å²) in [5.41, 5.74) is 6.39. The van der Waals surface area contributed by atoms with E-state index in [0.717, 1.165) is 34.3 Å². The van der Waals surface area contributed by atoms with Crippen molar-refractivity contribution < 1.29 is 14.0 Å². The van der Waals surface area contributed by atoms with Crippen LogP contribution in [0.1, 0.15) is 45.9 Å². The minimum absolute atomic E-state index is 0.0155. The van der Waals surface area contributed by atoms with E-state index in [-0.39, 0.29) is 11.5 Å². The summed E-state index contributed by atoms with van der Waals surface area (Å²) in [7, 11) is 2.01. The molecule has 0 aliphatic carbocycles. The van der Waals surface area contributed by atoms with E-state index in [1.165, 1.54) is 11.1 Å². The largest absolute Gasteiger partial charge is 0.457 e. The van der Waals surface area contributed by atoms with Crippen LogP contribution in [-0.4, -0.2) is 20.3 Å². The maximum atomic E-state index is 6.41. The number of hydrogen-bond acceptors (Lipinski definition) is 3. The normalized spacial score (nSPS) is 17.8. The van der Waals surface area contributed by atoms with Crippen molar-refractivity contribution in [3.05, 3.63) is 102 Å². The highest BCUT2D eigenvalue weighted by Gasteiger charge is 2.39. The molecule has 0 fully saturated rings. The van der Waals surface area contributed by atoms with Gasteiger partial charge in [0.25, 0.3) is 5.70 Å². The Morgan fingerprint density at radius 2 is 1.91 bits per heavy atom. The second-order valence-electron chi connectivity index (χ2n) is 10.0. The van der Waals surface area contributed by atoms with Crippen molar-refractivity contribution in [1.82, 2.24) is 9.55 Å². The molecule has 0 amide bonds. The van der Waals surface area contributed by atoms with Crippen molar-refractivity contribution in [3.63, 3.8) is 0 Å². The molecule has 0 saturated heterocycles. The van der Waals surface area contributed by atoms with Crippen molar-refractivity contribution in [2.24, 2.45) is 12.2 Å². The molecule has 0 spiro atoms. The standard InChI is InChI=1S/C28H31N5O/c1-19-20(2)30-33-26(19)16-24(17-27(33)25-14-21(10-11-29-25)28(3,4)5)34-23-9-7-8-22(15-23)32-13-12-31(6)18-32/h7-18,26H,1-6H3/q+2. The number of pyridine rings is 1. The molecule has 0 bridgehead atoms. The van der Waals surface area contributed by atoms with Crippen molar-refractivity contribution >= 4 is 5.70 Å². The lowest BCUT2D eigenvalue weighted by Crippen LogP contribution is -2.25. The molecule has 6 nitrogen and oxygen atoms in total. The summed E-state index contributed by atoms with van der Waals surface area (Å²) in [6, 6.07) is 12.4. The fourth-order valence-corrected chi connectivity index (χ4v) is 4.24. The Morgan fingerprint density at radius 3 is 2.65 bits per heavy atom. The zero-order chi connectivity index (χ0) is 24.0. The van der Waals surface area contributed by atoms with Gasteiger partial charge in [-0.2, -0.15) is 0 Å². The molecule has 1 unspecified atom stereocenters. The SMILES string of the molecule is CC1=C(C)C2C=C(Oc3cccc(-n4cc[n+](C)c4)c3)C=C(c3cc(C(C)(C)C)ccn3)[N+]2=N1. The van der Waals surface area contributed by atoms with Crippen molar-refractivity contribution in [2.45, 2.75) is 46.1 Å². The van der Waals surface area contributed by atoms with Gasteiger partial charge in [0, 0.05) is 23.9 Å². The summed E-state index contributed by atoms with van der Waals surface area (Å²) in [5, 5.41) is 4.84. The number of azo groups is 2. The molecule has 2 aliphatic heterocycles. The maximum absolute atomic E-state index is 6.41. The number of allylic oxidation sites excluding steroid dienone is 2. The van der Waals surface area contributed by atoms with Crippen molar-refractivity contribution in [3.8, 4) is 11.4 Å². The number of fused-ring (bicyclic) bond motifs is 1. The third-order valence-electron chi connectivity index (χ3n) is 6.39. The lowest BCUT2D eigenvalue weighted by atomic mass is 9.87. The molecular formula is C28H31N5O+2. The van der Waals surface area contributed by atoms with Crippen LogP contribution in [0.25, 0.3) is 11.4 Å². The molecule has 0 N–H and O–H groups in total. The molecule has 34 heavy (non-hydrogen) atoms. The van der Waals surface area contributed by atoms with E-state index in [1.54, 1.807) is 0 Å². The number of benzene rings is 1. The van der Waals surface area contributed by atoms with E-state index in [4.69, 9.17) is 14.8 Å². The molecule has 2 aromatic heterocycles. The molecule has 5 rings (SSSR count). The van der Waals surface area contributed by atoms with Crippen LogP contribution in [0.5, 0.6) is 5.75 Å². The van der Waals surface area contributed by atoms with Gasteiger partial charge < -0.3 is 4.74 Å². The van der Waals surface area contributed by atoms with Gasteiger partial charge in [0.2, 0.25) is 12.4 Å². The topological polar surface area (TPSA) is 46.3 Å². The molecule has 0 radical (unpaired) electrons. The Balaban J connectivity index is 1.53. The first kappa shape index (κ1) is 22.0. The first-order valence-corrected chi connectivity index (χ1v) is 11.6. The van der Waals surface area contributed by atoms with Crippen LogP contribution in [0.15, 0.2) is 95.6 Å². The minimum atomic E-state index is 0.0155. The number of rotatable bonds is 4. The van der Waals surface area contributed by atoms with Gasteiger partial charge in [-0.25, -0.2) is 14.1 Å². The molecule has 1 aromatic carbocycles. The van der Waals surface area contributed by atoms with Crippen LogP contribution < -0.4 is 9.30 Å². The molecule has 172 valence electrons. The number of aromatic nitrogens is 3. The Labute approximate surface area is 200 Å². The molecular weight excluding hydrogens is 422 g/mol. The summed E-state index contributed by atoms with van der Waals surface area (Å²) < 4.78 is 12.6. The van der Waals surface area contributed by atoms with Gasteiger partial charge in [0.1, 0.15) is 41.0 Å². The van der Waals surface area contributed by atoms with Gasteiger partial charge in [-0.15, -0.1) is 0 Å². The van der Waals surface area contributed by atoms with Crippen LogP contribution >= 0.6 is 0 Å². The maximum Gasteiger partial charge on any atom is 0.262 e. The molecule has 0 saturated carbocycles. The van der Waals surface area contributed by atoms with E-state index in [1.807, 2.05) is 60.8 Å². The van der Waals surface area contributed by atoms with Crippen LogP contribution in [0.2, 0.25) is 0 Å². The Bertz CT molecular complexity index is 1400. The van der Waals surface area contributed by atoms with E-state index in [9.17, 15) is 0 Å². The Morgan fingerprint density at radius 1 is 1.09 bits per heavy atom. The molecule has 1 atom stereocenters. The second-order valence-corrected chi connectivity index (χ2v) is 10.0. The number of hydrogen-bond donors (Lipinski definition) is 0. The minimum Gasteiger partial charge on any atom is -0.457 e. The molecule has 4 heterocycles. The molecule has 6 heteroatoms. The van der Waals surface area contributed by atoms with Gasteiger partial charge in [-0.05, 0) is 54.2 Å². The van der Waals surface area contributed by atoms with Gasteiger partial charge in [-0.3, -0.25) is 0 Å². The quantitative estimate of drug-likeness (QED) is 0.493. The summed E-state index contributed by atoms with van der Waals surface area (Å²) in [4.78, 5) is 4.71. The van der Waals surface area contributed by atoms with Gasteiger partial charge in [0.05, 0.1) is 13.1 Å². The predicted molar refractivity (Wildman–Crippen MR) is 131 cm³/mol. The summed E-state index contributed by atoms with van der Waals surface area (Å²) >= 11 is 0. The van der Waals surface area contributed by atoms with E-state index in [0.29, 0.717) is 0 Å². The van der Waals surface area contributed by atoms with E-state index >= 15 is 0 Å². The zero-order valence-corrected chi connectivity index (χ0v) is 20.6. The fourth-order valence-electron chi connectivity index (χ4n) is 4.24. The monoisotopic (exact) mass is 453 g/mol. The zero-order valence-electron chi connectivity index (χ0n) is 20.6. The first-order chi connectivity index (χ1) is 16.2. The smallest absolute Gasteiger partial charge is 0.262 e. The van der Waals surface area contributed by atoms with Crippen LogP contribution in [0.3, 0.4) is 0 Å². The molecule has 3 aromatic rings. The first-order valence-electron chi connectivity index (χ1n) is 11.6. The lowest BCUT2D eigenvalue weighted by Gasteiger charge is -2.20. The lowest BCUT2D eigenvalue weighted by molar-refractivity contribution is -0.670. The third-order valence-corrected chi connectivity index (χ3v) is 6.39. The summed E-state index contributed by atoms with van der Waals surface area (Å²) in [6.45, 7) is 10.8. The predicted octanol–water partition coefficient (Wildman–Crippen LogP) is 5.45. The van der Waals surface area contributed by atoms with Crippen LogP contribution in [-0.2, 0) is 12.5 Å². The van der Waals surface area contributed by atoms with E-state index in [2.05, 4.69) is 68.2 Å². The second kappa shape index (κ2) is 8.20. The summed E-state index contributed by atoms with van der Waals surface area (Å²) in [6.07, 6.45) is 12.1. The van der Waals surface area contributed by atoms with Crippen LogP contribution in [0, 0.1) is 0 Å². The highest BCUT2D eigenvalue weighted by molar-refractivity contribution is 5.61. The Kier molecular flexibility index (Phi) is 5.31. The highest BCUT2D eigenvalue weighted by Crippen LogP contribution is 2.35. The van der Waals surface area contributed by atoms with Gasteiger partial charge in [0.15, 0.2) is 0 Å². The average Bonchev–Trinajstić information content (AvgIpc) is 3.36. The third kappa shape index (κ3) is 4.12. The van der Waals surface area contributed by atoms with Crippen molar-refractivity contribution in [1.29, 1.82) is 0 Å². The number of nitrogens with zero attached hydrogens (tertiary/aromatic N) is 5. The van der Waals surface area contributed by atoms with Gasteiger partial charge in [-0.1, -0.05) is 31.5 Å². The average molecular weight is 454 g/mol. The number of imidazole rings is 1. The summed E-state index contributed by atoms with van der Waals surface area (Å²) in [5.74, 6) is 1.58. The van der Waals surface area contributed by atoms with Crippen molar-refractivity contribution in [2.75, 3.05) is 0 Å². The van der Waals surface area contributed by atoms with Gasteiger partial charge >= 0.3 is 0 Å². The fraction of sp³-hybridized carbons (Fsp3) is 0.286. The molecule has 2 aliphatic rings. The number of ether oxygens (including phenoxy) is 1. The van der Waals surface area contributed by atoms with Crippen LogP contribution in [0.4, 0.5) is 0 Å². The highest BCUT2D eigenvalue weighted by atomic mass is 16.5. The van der Waals surface area contributed by atoms with E-state index < -0.39 is 0 Å².